The summed E-state index contributed by atoms with van der Waals surface area (Å²) in [5.41, 5.74) is 2.48. The average Bonchev–Trinajstić information content (AvgIpc) is 2.79. The molecule has 1 aliphatic rings. The molecule has 1 aromatic carbocycles. The Balaban J connectivity index is 1.57. The first-order valence-electron chi connectivity index (χ1n) is 6.57. The van der Waals surface area contributed by atoms with E-state index in [0.29, 0.717) is 5.58 Å². The van der Waals surface area contributed by atoms with Crippen LogP contribution in [0.15, 0.2) is 27.4 Å². The Bertz CT molecular complexity index is 598. The Morgan fingerprint density at radius 1 is 1.32 bits per heavy atom. The summed E-state index contributed by atoms with van der Waals surface area (Å²) in [6, 6.07) is 5.78. The van der Waals surface area contributed by atoms with Gasteiger partial charge in [0.05, 0.1) is 5.52 Å². The Labute approximate surface area is 110 Å². The van der Waals surface area contributed by atoms with Crippen LogP contribution < -0.4 is 16.4 Å². The zero-order valence-corrected chi connectivity index (χ0v) is 10.7. The fourth-order valence-electron chi connectivity index (χ4n) is 2.33. The van der Waals surface area contributed by atoms with E-state index in [0.717, 1.165) is 50.5 Å². The molecule has 0 atom stereocenters. The number of aromatic amines is 1. The fourth-order valence-corrected chi connectivity index (χ4v) is 2.33. The summed E-state index contributed by atoms with van der Waals surface area (Å²) in [4.78, 5) is 16.1. The number of hydrogen-bond acceptors (Lipinski definition) is 5. The Hall–Kier alpha value is -1.63. The summed E-state index contributed by atoms with van der Waals surface area (Å²) in [5, 5.41) is 6.74. The van der Waals surface area contributed by atoms with Gasteiger partial charge in [-0.1, -0.05) is 6.07 Å². The van der Waals surface area contributed by atoms with Crippen molar-refractivity contribution in [2.75, 3.05) is 32.8 Å². The topological polar surface area (TPSA) is 73.3 Å². The normalized spacial score (nSPS) is 17.1. The predicted octanol–water partition coefficient (Wildman–Crippen LogP) is 0.0734. The molecule has 0 aliphatic carbocycles. The van der Waals surface area contributed by atoms with Crippen molar-refractivity contribution >= 4 is 11.1 Å². The molecule has 1 fully saturated rings. The van der Waals surface area contributed by atoms with Crippen molar-refractivity contribution in [3.8, 4) is 0 Å². The number of fused-ring (bicyclic) bond motifs is 1. The Kier molecular flexibility index (Phi) is 3.63. The highest BCUT2D eigenvalue weighted by Gasteiger charge is 2.08. The van der Waals surface area contributed by atoms with Crippen LogP contribution in [0, 0.1) is 0 Å². The number of nitrogens with one attached hydrogen (secondary N) is 3. The van der Waals surface area contributed by atoms with Gasteiger partial charge >= 0.3 is 5.76 Å². The predicted molar refractivity (Wildman–Crippen MR) is 73.0 cm³/mol. The number of hydrogen-bond donors (Lipinski definition) is 3. The van der Waals surface area contributed by atoms with Gasteiger partial charge in [-0.15, -0.1) is 0 Å². The molecule has 0 radical (unpaired) electrons. The lowest BCUT2D eigenvalue weighted by molar-refractivity contribution is 0.223. The summed E-state index contributed by atoms with van der Waals surface area (Å²) in [6.07, 6.45) is 0. The third-order valence-electron chi connectivity index (χ3n) is 3.36. The zero-order chi connectivity index (χ0) is 13.1. The molecule has 6 nitrogen and oxygen atoms in total. The van der Waals surface area contributed by atoms with Crippen molar-refractivity contribution < 1.29 is 4.42 Å². The van der Waals surface area contributed by atoms with Gasteiger partial charge in [0.1, 0.15) is 0 Å². The van der Waals surface area contributed by atoms with Gasteiger partial charge in [-0.25, -0.2) is 4.79 Å². The van der Waals surface area contributed by atoms with Gasteiger partial charge in [0, 0.05) is 39.4 Å². The maximum absolute atomic E-state index is 11.1. The number of nitrogens with zero attached hydrogens (tertiary/aromatic N) is 1. The van der Waals surface area contributed by atoms with Crippen LogP contribution in [-0.2, 0) is 6.54 Å². The first-order chi connectivity index (χ1) is 9.31. The average molecular weight is 262 g/mol. The Morgan fingerprint density at radius 3 is 3.00 bits per heavy atom. The molecule has 102 valence electrons. The van der Waals surface area contributed by atoms with E-state index in [9.17, 15) is 4.79 Å². The van der Waals surface area contributed by atoms with E-state index in [4.69, 9.17) is 4.42 Å². The van der Waals surface area contributed by atoms with Crippen LogP contribution >= 0.6 is 0 Å². The maximum atomic E-state index is 11.1. The van der Waals surface area contributed by atoms with Crippen molar-refractivity contribution in [2.24, 2.45) is 0 Å². The second kappa shape index (κ2) is 5.56. The third kappa shape index (κ3) is 3.04. The third-order valence-corrected chi connectivity index (χ3v) is 3.36. The van der Waals surface area contributed by atoms with Gasteiger partial charge in [-0.2, -0.15) is 0 Å². The van der Waals surface area contributed by atoms with Gasteiger partial charge in [0.15, 0.2) is 5.58 Å². The summed E-state index contributed by atoms with van der Waals surface area (Å²) < 4.78 is 5.05. The SMILES string of the molecule is O=c1[nH]c2ccc(CNCN3CCNCC3)cc2o1. The zero-order valence-electron chi connectivity index (χ0n) is 10.7. The van der Waals surface area contributed by atoms with E-state index in [1.165, 1.54) is 0 Å². The summed E-state index contributed by atoms with van der Waals surface area (Å²) in [6.45, 7) is 5.94. The maximum Gasteiger partial charge on any atom is 0.417 e. The molecule has 3 N–H and O–H groups in total. The molecule has 0 saturated carbocycles. The molecule has 1 saturated heterocycles. The van der Waals surface area contributed by atoms with Crippen molar-refractivity contribution in [3.05, 3.63) is 34.3 Å². The molecular weight excluding hydrogens is 244 g/mol. The van der Waals surface area contributed by atoms with E-state index in [-0.39, 0.29) is 0 Å². The van der Waals surface area contributed by atoms with Crippen LogP contribution in [0.4, 0.5) is 0 Å². The molecule has 0 bridgehead atoms. The van der Waals surface area contributed by atoms with Gasteiger partial charge < -0.3 is 15.1 Å². The highest BCUT2D eigenvalue weighted by molar-refractivity contribution is 5.72. The standard InChI is InChI=1S/C13H18N4O2/c18-13-16-11-2-1-10(7-12(11)19-13)8-15-9-17-5-3-14-4-6-17/h1-2,7,14-15H,3-6,8-9H2,(H,16,18). The second-order valence-corrected chi connectivity index (χ2v) is 4.80. The molecule has 3 rings (SSSR count). The van der Waals surface area contributed by atoms with Crippen molar-refractivity contribution in [3.63, 3.8) is 0 Å². The monoisotopic (exact) mass is 262 g/mol. The van der Waals surface area contributed by atoms with Crippen LogP contribution in [0.25, 0.3) is 11.1 Å². The molecular formula is C13H18N4O2. The van der Waals surface area contributed by atoms with Crippen LogP contribution in [-0.4, -0.2) is 42.7 Å². The van der Waals surface area contributed by atoms with Crippen LogP contribution in [0.1, 0.15) is 5.56 Å². The minimum atomic E-state index is -0.402. The van der Waals surface area contributed by atoms with Gasteiger partial charge in [0.25, 0.3) is 0 Å². The van der Waals surface area contributed by atoms with Crippen LogP contribution in [0.2, 0.25) is 0 Å². The van der Waals surface area contributed by atoms with Crippen molar-refractivity contribution in [1.29, 1.82) is 0 Å². The first-order valence-corrected chi connectivity index (χ1v) is 6.57. The lowest BCUT2D eigenvalue weighted by atomic mass is 10.2. The van der Waals surface area contributed by atoms with Crippen LogP contribution in [0.5, 0.6) is 0 Å². The number of piperazine rings is 1. The summed E-state index contributed by atoms with van der Waals surface area (Å²) in [5.74, 6) is -0.402. The number of benzene rings is 1. The minimum Gasteiger partial charge on any atom is -0.408 e. The molecule has 0 amide bonds. The van der Waals surface area contributed by atoms with E-state index in [2.05, 4.69) is 20.5 Å². The number of H-pyrrole nitrogens is 1. The van der Waals surface area contributed by atoms with Gasteiger partial charge in [0.2, 0.25) is 0 Å². The number of rotatable bonds is 4. The minimum absolute atomic E-state index is 0.402. The van der Waals surface area contributed by atoms with Crippen LogP contribution in [0.3, 0.4) is 0 Å². The molecule has 6 heteroatoms. The highest BCUT2D eigenvalue weighted by atomic mass is 16.4. The van der Waals surface area contributed by atoms with Crippen molar-refractivity contribution in [2.45, 2.75) is 6.54 Å². The molecule has 2 aromatic rings. The summed E-state index contributed by atoms with van der Waals surface area (Å²) >= 11 is 0. The van der Waals surface area contributed by atoms with Crippen molar-refractivity contribution in [1.82, 2.24) is 20.5 Å². The molecule has 0 unspecified atom stereocenters. The molecule has 19 heavy (non-hydrogen) atoms. The molecule has 0 spiro atoms. The van der Waals surface area contributed by atoms with E-state index in [1.54, 1.807) is 0 Å². The largest absolute Gasteiger partial charge is 0.417 e. The van der Waals surface area contributed by atoms with E-state index >= 15 is 0 Å². The molecule has 2 heterocycles. The van der Waals surface area contributed by atoms with E-state index in [1.807, 2.05) is 18.2 Å². The van der Waals surface area contributed by atoms with E-state index < -0.39 is 5.76 Å². The first kappa shape index (κ1) is 12.4. The number of aromatic nitrogens is 1. The fraction of sp³-hybridized carbons (Fsp3) is 0.462. The highest BCUT2D eigenvalue weighted by Crippen LogP contribution is 2.12. The number of oxazole rings is 1. The molecule has 1 aromatic heterocycles. The smallest absolute Gasteiger partial charge is 0.408 e. The molecule has 1 aliphatic heterocycles. The Morgan fingerprint density at radius 2 is 2.16 bits per heavy atom. The summed E-state index contributed by atoms with van der Waals surface area (Å²) in [7, 11) is 0. The lowest BCUT2D eigenvalue weighted by Crippen LogP contribution is -2.46. The van der Waals surface area contributed by atoms with Gasteiger partial charge in [-0.3, -0.25) is 9.88 Å². The lowest BCUT2D eigenvalue weighted by Gasteiger charge is -2.27. The van der Waals surface area contributed by atoms with Gasteiger partial charge in [-0.05, 0) is 17.7 Å². The second-order valence-electron chi connectivity index (χ2n) is 4.80. The quantitative estimate of drug-likeness (QED) is 0.727.